The molecule has 0 amide bonds. The second-order valence-electron chi connectivity index (χ2n) is 5.41. The average molecular weight is 232 g/mol. The minimum atomic E-state index is 0.800. The molecule has 0 N–H and O–H groups in total. The Morgan fingerprint density at radius 2 is 1.53 bits per heavy atom. The van der Waals surface area contributed by atoms with Crippen molar-refractivity contribution < 1.29 is 0 Å². The number of rotatable bonds is 1. The zero-order valence-corrected chi connectivity index (χ0v) is 12.2. The molecule has 1 fully saturated rings. The number of hydrogen-bond acceptors (Lipinski definition) is 0. The Morgan fingerprint density at radius 3 is 2.12 bits per heavy atom. The van der Waals surface area contributed by atoms with Crippen LogP contribution in [0.4, 0.5) is 0 Å². The Kier molecular flexibility index (Phi) is 5.74. The van der Waals surface area contributed by atoms with Crippen LogP contribution in [0.1, 0.15) is 64.0 Å². The summed E-state index contributed by atoms with van der Waals surface area (Å²) in [7, 11) is 0. The lowest BCUT2D eigenvalue weighted by Crippen LogP contribution is -2.19. The molecular weight excluding hydrogens is 204 g/mol. The molecule has 0 aromatic heterocycles. The summed E-state index contributed by atoms with van der Waals surface area (Å²) in [6.45, 7) is 11.0. The Hall–Kier alpha value is -0.780. The van der Waals surface area contributed by atoms with Crippen LogP contribution in [0.5, 0.6) is 0 Å². The van der Waals surface area contributed by atoms with Crippen molar-refractivity contribution in [2.24, 2.45) is 11.8 Å². The molecule has 0 aliphatic heterocycles. The van der Waals surface area contributed by atoms with E-state index in [0.29, 0.717) is 0 Å². The molecule has 3 unspecified atom stereocenters. The van der Waals surface area contributed by atoms with Gasteiger partial charge in [0.15, 0.2) is 0 Å². The van der Waals surface area contributed by atoms with Crippen LogP contribution in [0.15, 0.2) is 24.3 Å². The van der Waals surface area contributed by atoms with Gasteiger partial charge in [-0.15, -0.1) is 0 Å². The number of aryl methyl sites for hydroxylation is 1. The predicted octanol–water partition coefficient (Wildman–Crippen LogP) is 5.56. The second-order valence-corrected chi connectivity index (χ2v) is 5.41. The normalized spacial score (nSPS) is 28.2. The fourth-order valence-electron chi connectivity index (χ4n) is 2.81. The summed E-state index contributed by atoms with van der Waals surface area (Å²) in [6, 6.07) is 9.16. The minimum absolute atomic E-state index is 0.800. The summed E-state index contributed by atoms with van der Waals surface area (Å²) >= 11 is 0. The third-order valence-electron chi connectivity index (χ3n) is 3.96. The SMILES string of the molecule is CC.Cc1ccc(C2CC(C)CCC2C)cc1. The van der Waals surface area contributed by atoms with E-state index in [0.717, 1.165) is 17.8 Å². The van der Waals surface area contributed by atoms with Crippen LogP contribution in [0.3, 0.4) is 0 Å². The first-order chi connectivity index (χ1) is 8.16. The molecule has 1 aliphatic rings. The lowest BCUT2D eigenvalue weighted by Gasteiger charge is -2.33. The monoisotopic (exact) mass is 232 g/mol. The minimum Gasteiger partial charge on any atom is -0.0683 e. The Labute approximate surface area is 107 Å². The molecular formula is C17H28. The van der Waals surface area contributed by atoms with Crippen LogP contribution in [-0.4, -0.2) is 0 Å². The lowest BCUT2D eigenvalue weighted by molar-refractivity contribution is 0.264. The van der Waals surface area contributed by atoms with Crippen molar-refractivity contribution in [1.29, 1.82) is 0 Å². The van der Waals surface area contributed by atoms with E-state index < -0.39 is 0 Å². The first-order valence-electron chi connectivity index (χ1n) is 7.23. The van der Waals surface area contributed by atoms with Crippen LogP contribution in [0.25, 0.3) is 0 Å². The van der Waals surface area contributed by atoms with Crippen molar-refractivity contribution in [1.82, 2.24) is 0 Å². The molecule has 0 bridgehead atoms. The van der Waals surface area contributed by atoms with Gasteiger partial charge in [-0.1, -0.05) is 63.9 Å². The Morgan fingerprint density at radius 1 is 0.941 bits per heavy atom. The van der Waals surface area contributed by atoms with Crippen LogP contribution in [0.2, 0.25) is 0 Å². The van der Waals surface area contributed by atoms with Gasteiger partial charge >= 0.3 is 0 Å². The van der Waals surface area contributed by atoms with Crippen molar-refractivity contribution in [2.45, 2.75) is 59.8 Å². The quantitative estimate of drug-likeness (QED) is 0.594. The Bertz CT molecular complexity index is 309. The van der Waals surface area contributed by atoms with Crippen molar-refractivity contribution >= 4 is 0 Å². The molecule has 0 radical (unpaired) electrons. The van der Waals surface area contributed by atoms with Gasteiger partial charge in [0.1, 0.15) is 0 Å². The van der Waals surface area contributed by atoms with Crippen molar-refractivity contribution in [2.75, 3.05) is 0 Å². The summed E-state index contributed by atoms with van der Waals surface area (Å²) in [6.07, 6.45) is 4.20. The summed E-state index contributed by atoms with van der Waals surface area (Å²) in [4.78, 5) is 0. The molecule has 1 aromatic rings. The fraction of sp³-hybridized carbons (Fsp3) is 0.647. The van der Waals surface area contributed by atoms with Gasteiger partial charge in [0.05, 0.1) is 0 Å². The first kappa shape index (κ1) is 14.3. The Balaban J connectivity index is 0.000000686. The van der Waals surface area contributed by atoms with Gasteiger partial charge < -0.3 is 0 Å². The van der Waals surface area contributed by atoms with Crippen LogP contribution in [0, 0.1) is 18.8 Å². The highest BCUT2D eigenvalue weighted by atomic mass is 14.3. The van der Waals surface area contributed by atoms with Crippen LogP contribution >= 0.6 is 0 Å². The van der Waals surface area contributed by atoms with Crippen LogP contribution < -0.4 is 0 Å². The molecule has 0 saturated heterocycles. The maximum Gasteiger partial charge on any atom is -0.0134 e. The topological polar surface area (TPSA) is 0 Å². The van der Waals surface area contributed by atoms with E-state index >= 15 is 0 Å². The standard InChI is InChI=1S/C15H22.C2H6/c1-11-5-8-14(9-6-11)15-10-12(2)4-7-13(15)3;1-2/h5-6,8-9,12-13,15H,4,7,10H2,1-3H3;1-2H3. The van der Waals surface area contributed by atoms with Gasteiger partial charge in [0.25, 0.3) is 0 Å². The predicted molar refractivity (Wildman–Crippen MR) is 77.4 cm³/mol. The van der Waals surface area contributed by atoms with E-state index in [1.54, 1.807) is 5.56 Å². The van der Waals surface area contributed by atoms with Crippen LogP contribution in [-0.2, 0) is 0 Å². The summed E-state index contributed by atoms with van der Waals surface area (Å²) in [5.41, 5.74) is 2.93. The summed E-state index contributed by atoms with van der Waals surface area (Å²) < 4.78 is 0. The molecule has 2 rings (SSSR count). The van der Waals surface area contributed by atoms with Gasteiger partial charge in [-0.25, -0.2) is 0 Å². The lowest BCUT2D eigenvalue weighted by atomic mass is 9.72. The zero-order valence-electron chi connectivity index (χ0n) is 12.2. The highest BCUT2D eigenvalue weighted by Gasteiger charge is 2.26. The van der Waals surface area contributed by atoms with Gasteiger partial charge in [-0.05, 0) is 43.1 Å². The molecule has 0 spiro atoms. The maximum atomic E-state index is 2.41. The van der Waals surface area contributed by atoms with E-state index in [1.165, 1.54) is 24.8 Å². The highest BCUT2D eigenvalue weighted by Crippen LogP contribution is 2.40. The van der Waals surface area contributed by atoms with Gasteiger partial charge in [-0.2, -0.15) is 0 Å². The van der Waals surface area contributed by atoms with Crippen molar-refractivity contribution in [3.05, 3.63) is 35.4 Å². The second kappa shape index (κ2) is 6.83. The van der Waals surface area contributed by atoms with E-state index in [1.807, 2.05) is 13.8 Å². The van der Waals surface area contributed by atoms with E-state index in [4.69, 9.17) is 0 Å². The molecule has 0 nitrogen and oxygen atoms in total. The van der Waals surface area contributed by atoms with E-state index in [9.17, 15) is 0 Å². The van der Waals surface area contributed by atoms with Gasteiger partial charge in [0, 0.05) is 0 Å². The molecule has 17 heavy (non-hydrogen) atoms. The average Bonchev–Trinajstić information content (AvgIpc) is 2.36. The molecule has 3 atom stereocenters. The molecule has 0 heterocycles. The summed E-state index contributed by atoms with van der Waals surface area (Å²) in [5.74, 6) is 2.57. The molecule has 0 heteroatoms. The zero-order chi connectivity index (χ0) is 12.8. The fourth-order valence-corrected chi connectivity index (χ4v) is 2.81. The third kappa shape index (κ3) is 3.87. The van der Waals surface area contributed by atoms with E-state index in [2.05, 4.69) is 45.0 Å². The number of benzene rings is 1. The molecule has 96 valence electrons. The van der Waals surface area contributed by atoms with Crippen molar-refractivity contribution in [3.63, 3.8) is 0 Å². The maximum absolute atomic E-state index is 2.41. The van der Waals surface area contributed by atoms with Gasteiger partial charge in [0.2, 0.25) is 0 Å². The molecule has 1 aliphatic carbocycles. The first-order valence-corrected chi connectivity index (χ1v) is 7.23. The molecule has 1 aromatic carbocycles. The van der Waals surface area contributed by atoms with Crippen molar-refractivity contribution in [3.8, 4) is 0 Å². The van der Waals surface area contributed by atoms with Gasteiger partial charge in [-0.3, -0.25) is 0 Å². The van der Waals surface area contributed by atoms with E-state index in [-0.39, 0.29) is 0 Å². The smallest absolute Gasteiger partial charge is 0.0134 e. The highest BCUT2D eigenvalue weighted by molar-refractivity contribution is 5.25. The summed E-state index contributed by atoms with van der Waals surface area (Å²) in [5, 5.41) is 0. The number of hydrogen-bond donors (Lipinski definition) is 0. The third-order valence-corrected chi connectivity index (χ3v) is 3.96. The largest absolute Gasteiger partial charge is 0.0683 e. The molecule has 1 saturated carbocycles.